The lowest BCUT2D eigenvalue weighted by Gasteiger charge is -2.22. The number of benzene rings is 2. The summed E-state index contributed by atoms with van der Waals surface area (Å²) in [5.41, 5.74) is 2.87. The molecule has 0 radical (unpaired) electrons. The second kappa shape index (κ2) is 7.95. The van der Waals surface area contributed by atoms with E-state index in [1.54, 1.807) is 0 Å². The average Bonchev–Trinajstić information content (AvgIpc) is 2.53. The Labute approximate surface area is 135 Å². The van der Waals surface area contributed by atoms with Crippen molar-refractivity contribution in [2.45, 2.75) is 26.2 Å². The van der Waals surface area contributed by atoms with Crippen molar-refractivity contribution in [3.63, 3.8) is 0 Å². The highest BCUT2D eigenvalue weighted by molar-refractivity contribution is 5.86. The third-order valence-electron chi connectivity index (χ3n) is 4.16. The molecule has 0 aliphatic carbocycles. The second-order valence-corrected chi connectivity index (χ2v) is 6.15. The predicted octanol–water partition coefficient (Wildman–Crippen LogP) is 5.40. The molecule has 0 fully saturated rings. The molecule has 2 rings (SSSR count). The van der Waals surface area contributed by atoms with E-state index in [1.165, 1.54) is 21.9 Å². The predicted molar refractivity (Wildman–Crippen MR) is 98.4 cm³/mol. The van der Waals surface area contributed by atoms with Gasteiger partial charge in [-0.2, -0.15) is 0 Å². The monoisotopic (exact) mass is 293 g/mol. The van der Waals surface area contributed by atoms with Gasteiger partial charge in [-0.15, -0.1) is 0 Å². The number of hydrogen-bond acceptors (Lipinski definition) is 1. The van der Waals surface area contributed by atoms with Crippen molar-refractivity contribution in [1.82, 2.24) is 4.90 Å². The van der Waals surface area contributed by atoms with Gasteiger partial charge in [0.2, 0.25) is 0 Å². The van der Waals surface area contributed by atoms with Gasteiger partial charge in [-0.25, -0.2) is 0 Å². The Morgan fingerprint density at radius 1 is 1.09 bits per heavy atom. The molecule has 0 aromatic heterocycles. The van der Waals surface area contributed by atoms with E-state index >= 15 is 0 Å². The van der Waals surface area contributed by atoms with E-state index in [0.717, 1.165) is 13.0 Å². The van der Waals surface area contributed by atoms with Crippen LogP contribution in [0.3, 0.4) is 0 Å². The summed E-state index contributed by atoms with van der Waals surface area (Å²) >= 11 is 0. The minimum Gasteiger partial charge on any atom is -0.309 e. The Morgan fingerprint density at radius 2 is 1.82 bits per heavy atom. The van der Waals surface area contributed by atoms with Crippen LogP contribution in [-0.4, -0.2) is 25.5 Å². The molecule has 0 heterocycles. The summed E-state index contributed by atoms with van der Waals surface area (Å²) in [6.07, 6.45) is 7.63. The molecule has 0 saturated heterocycles. The van der Waals surface area contributed by atoms with Gasteiger partial charge in [0.15, 0.2) is 0 Å². The molecular weight excluding hydrogens is 266 g/mol. The summed E-state index contributed by atoms with van der Waals surface area (Å²) in [4.78, 5) is 2.26. The lowest BCUT2D eigenvalue weighted by atomic mass is 9.85. The summed E-state index contributed by atoms with van der Waals surface area (Å²) in [6.45, 7) is 5.41. The van der Waals surface area contributed by atoms with Crippen LogP contribution in [-0.2, 0) is 0 Å². The van der Waals surface area contributed by atoms with Crippen LogP contribution in [0.1, 0.15) is 31.7 Å². The first-order valence-electron chi connectivity index (χ1n) is 8.05. The Morgan fingerprint density at radius 3 is 2.55 bits per heavy atom. The molecule has 1 unspecified atom stereocenters. The van der Waals surface area contributed by atoms with Gasteiger partial charge in [0.1, 0.15) is 0 Å². The van der Waals surface area contributed by atoms with Crippen LogP contribution in [0.25, 0.3) is 10.8 Å². The van der Waals surface area contributed by atoms with E-state index in [0.29, 0.717) is 5.92 Å². The van der Waals surface area contributed by atoms with Gasteiger partial charge >= 0.3 is 0 Å². The first-order valence-corrected chi connectivity index (χ1v) is 8.05. The van der Waals surface area contributed by atoms with Crippen molar-refractivity contribution in [2.75, 3.05) is 20.6 Å². The van der Waals surface area contributed by atoms with Gasteiger partial charge < -0.3 is 4.90 Å². The summed E-state index contributed by atoms with van der Waals surface area (Å²) < 4.78 is 0. The van der Waals surface area contributed by atoms with Crippen molar-refractivity contribution in [2.24, 2.45) is 0 Å². The topological polar surface area (TPSA) is 3.24 Å². The fourth-order valence-electron chi connectivity index (χ4n) is 2.93. The largest absolute Gasteiger partial charge is 0.309 e. The molecule has 1 atom stereocenters. The summed E-state index contributed by atoms with van der Waals surface area (Å²) in [7, 11) is 4.29. The molecule has 1 nitrogen and oxygen atoms in total. The van der Waals surface area contributed by atoms with Crippen molar-refractivity contribution in [3.05, 3.63) is 71.8 Å². The zero-order valence-electron chi connectivity index (χ0n) is 14.2. The van der Waals surface area contributed by atoms with Crippen LogP contribution in [0, 0.1) is 0 Å². The summed E-state index contributed by atoms with van der Waals surface area (Å²) in [5, 5.41) is 2.70. The van der Waals surface area contributed by atoms with E-state index in [4.69, 9.17) is 0 Å². The second-order valence-electron chi connectivity index (χ2n) is 6.15. The molecule has 116 valence electrons. The highest BCUT2D eigenvalue weighted by atomic mass is 15.0. The van der Waals surface area contributed by atoms with Crippen molar-refractivity contribution in [3.8, 4) is 0 Å². The fraction of sp³-hybridized carbons (Fsp3) is 0.333. The van der Waals surface area contributed by atoms with Crippen molar-refractivity contribution in [1.29, 1.82) is 0 Å². The Bertz CT molecular complexity index is 659. The minimum absolute atomic E-state index is 0.463. The van der Waals surface area contributed by atoms with E-state index in [2.05, 4.69) is 93.5 Å². The first-order chi connectivity index (χ1) is 10.6. The molecule has 0 bridgehead atoms. The fourth-order valence-corrected chi connectivity index (χ4v) is 2.93. The third-order valence-corrected chi connectivity index (χ3v) is 4.16. The zero-order chi connectivity index (χ0) is 15.9. The van der Waals surface area contributed by atoms with Gasteiger partial charge in [-0.1, -0.05) is 66.3 Å². The molecule has 0 aliphatic heterocycles. The molecule has 0 N–H and O–H groups in total. The number of nitrogens with zero attached hydrogens (tertiary/aromatic N) is 1. The number of rotatable bonds is 6. The van der Waals surface area contributed by atoms with Crippen LogP contribution < -0.4 is 0 Å². The van der Waals surface area contributed by atoms with Crippen LogP contribution in [0.2, 0.25) is 0 Å². The van der Waals surface area contributed by atoms with Crippen LogP contribution >= 0.6 is 0 Å². The normalized spacial score (nSPS) is 14.1. The quantitative estimate of drug-likeness (QED) is 0.645. The third kappa shape index (κ3) is 4.08. The number of hydrogen-bond donors (Lipinski definition) is 0. The average molecular weight is 293 g/mol. The van der Waals surface area contributed by atoms with E-state index in [1.807, 2.05) is 0 Å². The molecular formula is C21H27N. The minimum atomic E-state index is 0.463. The molecule has 2 aromatic carbocycles. The first kappa shape index (κ1) is 16.5. The summed E-state index contributed by atoms with van der Waals surface area (Å²) in [6, 6.07) is 15.4. The van der Waals surface area contributed by atoms with Gasteiger partial charge in [-0.3, -0.25) is 0 Å². The van der Waals surface area contributed by atoms with E-state index < -0.39 is 0 Å². The van der Waals surface area contributed by atoms with Crippen molar-refractivity contribution >= 4 is 10.8 Å². The van der Waals surface area contributed by atoms with E-state index in [-0.39, 0.29) is 0 Å². The van der Waals surface area contributed by atoms with Gasteiger partial charge in [0.25, 0.3) is 0 Å². The van der Waals surface area contributed by atoms with E-state index in [9.17, 15) is 0 Å². The van der Waals surface area contributed by atoms with Crippen LogP contribution in [0.4, 0.5) is 0 Å². The smallest absolute Gasteiger partial charge is 0.00668 e. The number of allylic oxidation sites excluding steroid dienone is 4. The molecule has 22 heavy (non-hydrogen) atoms. The maximum atomic E-state index is 2.29. The van der Waals surface area contributed by atoms with Crippen LogP contribution in [0.5, 0.6) is 0 Å². The lowest BCUT2D eigenvalue weighted by molar-refractivity contribution is 0.390. The SMILES string of the molecule is C/C=C\C=C(/C)C(CCN(C)C)c1cccc2ccccc12. The van der Waals surface area contributed by atoms with Gasteiger partial charge in [-0.05, 0) is 57.2 Å². The highest BCUT2D eigenvalue weighted by Crippen LogP contribution is 2.33. The Hall–Kier alpha value is -1.86. The molecule has 0 aliphatic rings. The lowest BCUT2D eigenvalue weighted by Crippen LogP contribution is -2.16. The molecule has 1 heteroatoms. The molecule has 2 aromatic rings. The van der Waals surface area contributed by atoms with Gasteiger partial charge in [0, 0.05) is 5.92 Å². The summed E-state index contributed by atoms with van der Waals surface area (Å²) in [5.74, 6) is 0.463. The van der Waals surface area contributed by atoms with Gasteiger partial charge in [0.05, 0.1) is 0 Å². The maximum absolute atomic E-state index is 2.29. The molecule has 0 spiro atoms. The Kier molecular flexibility index (Phi) is 5.97. The van der Waals surface area contributed by atoms with Crippen LogP contribution in [0.15, 0.2) is 66.3 Å². The standard InChI is InChI=1S/C21H27N/c1-5-6-10-17(2)19(15-16-22(3)4)21-14-9-12-18-11-7-8-13-20(18)21/h5-14,19H,15-16H2,1-4H3/b6-5-,17-10+. The zero-order valence-corrected chi connectivity index (χ0v) is 14.2. The number of fused-ring (bicyclic) bond motifs is 1. The highest BCUT2D eigenvalue weighted by Gasteiger charge is 2.16. The van der Waals surface area contributed by atoms with Crippen molar-refractivity contribution < 1.29 is 0 Å². The molecule has 0 amide bonds. The maximum Gasteiger partial charge on any atom is 0.00668 e. The molecule has 0 saturated carbocycles. The Balaban J connectivity index is 2.46.